The summed E-state index contributed by atoms with van der Waals surface area (Å²) in [5.41, 5.74) is 2.80. The van der Waals surface area contributed by atoms with E-state index in [4.69, 9.17) is 11.6 Å². The zero-order valence-corrected chi connectivity index (χ0v) is 22.9. The first-order valence-electron chi connectivity index (χ1n) is 12.4. The molecule has 0 N–H and O–H groups in total. The van der Waals surface area contributed by atoms with Crippen molar-refractivity contribution in [1.29, 1.82) is 0 Å². The largest absolute Gasteiger partial charge is 0.336 e. The Morgan fingerprint density at radius 1 is 0.757 bits per heavy atom. The van der Waals surface area contributed by atoms with Gasteiger partial charge in [-0.2, -0.15) is 4.31 Å². The van der Waals surface area contributed by atoms with Crippen LogP contribution in [0, 0.1) is 0 Å². The molecule has 9 heteroatoms. The number of nitrogens with zero attached hydrogens (tertiary/aromatic N) is 3. The maximum absolute atomic E-state index is 13.4. The normalized spacial score (nSPS) is 17.1. The highest BCUT2D eigenvalue weighted by Gasteiger charge is 2.32. The van der Waals surface area contributed by atoms with E-state index in [1.807, 2.05) is 12.1 Å². The Hall–Kier alpha value is -2.42. The van der Waals surface area contributed by atoms with E-state index in [1.54, 1.807) is 11.0 Å². The number of piperazine rings is 1. The van der Waals surface area contributed by atoms with Crippen molar-refractivity contribution in [3.63, 3.8) is 0 Å². The van der Waals surface area contributed by atoms with Crippen LogP contribution in [-0.2, 0) is 10.0 Å². The van der Waals surface area contributed by atoms with Crippen molar-refractivity contribution in [3.8, 4) is 0 Å². The van der Waals surface area contributed by atoms with Gasteiger partial charge in [-0.25, -0.2) is 8.42 Å². The number of carbonyl (C=O) groups excluding carboxylic acids is 1. The van der Waals surface area contributed by atoms with Gasteiger partial charge >= 0.3 is 0 Å². The molecule has 0 radical (unpaired) electrons. The molecular weight excluding hydrogens is 529 g/mol. The highest BCUT2D eigenvalue weighted by molar-refractivity contribution is 7.89. The molecule has 3 aromatic rings. The van der Waals surface area contributed by atoms with E-state index in [0.717, 1.165) is 12.8 Å². The second kappa shape index (κ2) is 12.0. The number of hydrogen-bond donors (Lipinski definition) is 0. The second-order valence-corrected chi connectivity index (χ2v) is 11.6. The topological polar surface area (TPSA) is 60.9 Å². The Labute approximate surface area is 230 Å². The molecule has 196 valence electrons. The minimum absolute atomic E-state index is 0. The predicted molar refractivity (Wildman–Crippen MR) is 149 cm³/mol. The van der Waals surface area contributed by atoms with Crippen LogP contribution in [0.15, 0.2) is 83.8 Å². The fraction of sp³-hybridized carbons (Fsp3) is 0.321. The Balaban J connectivity index is 0.00000320. The van der Waals surface area contributed by atoms with Crippen molar-refractivity contribution in [2.75, 3.05) is 39.3 Å². The molecule has 2 heterocycles. The van der Waals surface area contributed by atoms with Crippen molar-refractivity contribution in [2.45, 2.75) is 23.8 Å². The average Bonchev–Trinajstić information content (AvgIpc) is 3.47. The van der Waals surface area contributed by atoms with Crippen LogP contribution in [0.5, 0.6) is 0 Å². The summed E-state index contributed by atoms with van der Waals surface area (Å²) in [5.74, 6) is -0.167. The molecule has 2 fully saturated rings. The summed E-state index contributed by atoms with van der Waals surface area (Å²) >= 11 is 6.28. The molecule has 2 aliphatic heterocycles. The standard InChI is InChI=1S/C28H30ClN3O3S.ClH/c29-25-14-13-24(21-26(25)36(34,35)32-15-7-8-16-32)28(33)31-19-17-30(18-20-31)27(22-9-3-1-4-10-22)23-11-5-2-6-12-23;/h1-6,9-14,21,27H,7-8,15-20H2;1H. The first-order chi connectivity index (χ1) is 17.4. The molecule has 0 spiro atoms. The smallest absolute Gasteiger partial charge is 0.253 e. The summed E-state index contributed by atoms with van der Waals surface area (Å²) in [4.78, 5) is 17.6. The Morgan fingerprint density at radius 3 is 1.84 bits per heavy atom. The van der Waals surface area contributed by atoms with Crippen molar-refractivity contribution in [3.05, 3.63) is 101 Å². The van der Waals surface area contributed by atoms with E-state index >= 15 is 0 Å². The summed E-state index contributed by atoms with van der Waals surface area (Å²) in [6.07, 6.45) is 1.68. The van der Waals surface area contributed by atoms with Crippen LogP contribution >= 0.6 is 24.0 Å². The Bertz CT molecular complexity index is 1270. The van der Waals surface area contributed by atoms with Gasteiger partial charge in [-0.3, -0.25) is 9.69 Å². The zero-order chi connectivity index (χ0) is 25.1. The van der Waals surface area contributed by atoms with E-state index in [2.05, 4.69) is 53.4 Å². The maximum atomic E-state index is 13.4. The van der Waals surface area contributed by atoms with Gasteiger partial charge in [0.15, 0.2) is 0 Å². The van der Waals surface area contributed by atoms with E-state index < -0.39 is 10.0 Å². The molecule has 5 rings (SSSR count). The lowest BCUT2D eigenvalue weighted by atomic mass is 9.96. The lowest BCUT2D eigenvalue weighted by Gasteiger charge is -2.40. The van der Waals surface area contributed by atoms with E-state index in [1.165, 1.54) is 27.6 Å². The van der Waals surface area contributed by atoms with Gasteiger partial charge in [0, 0.05) is 44.8 Å². The summed E-state index contributed by atoms with van der Waals surface area (Å²) in [6, 6.07) is 25.5. The van der Waals surface area contributed by atoms with Crippen LogP contribution in [0.3, 0.4) is 0 Å². The lowest BCUT2D eigenvalue weighted by molar-refractivity contribution is 0.0597. The van der Waals surface area contributed by atoms with Gasteiger partial charge < -0.3 is 4.90 Å². The third-order valence-corrected chi connectivity index (χ3v) is 9.44. The summed E-state index contributed by atoms with van der Waals surface area (Å²) in [7, 11) is -3.71. The first-order valence-corrected chi connectivity index (χ1v) is 14.2. The molecule has 2 aliphatic rings. The van der Waals surface area contributed by atoms with Gasteiger partial charge in [0.2, 0.25) is 10.0 Å². The summed E-state index contributed by atoms with van der Waals surface area (Å²) < 4.78 is 27.7. The molecule has 0 atom stereocenters. The fourth-order valence-electron chi connectivity index (χ4n) is 5.15. The third kappa shape index (κ3) is 5.86. The molecule has 6 nitrogen and oxygen atoms in total. The van der Waals surface area contributed by atoms with Gasteiger partial charge in [-0.05, 0) is 42.2 Å². The van der Waals surface area contributed by atoms with Gasteiger partial charge in [0.05, 0.1) is 11.1 Å². The highest BCUT2D eigenvalue weighted by atomic mass is 35.5. The van der Waals surface area contributed by atoms with Crippen molar-refractivity contribution >= 4 is 39.9 Å². The summed E-state index contributed by atoms with van der Waals surface area (Å²) in [6.45, 7) is 3.53. The number of benzene rings is 3. The molecular formula is C28H31Cl2N3O3S. The van der Waals surface area contributed by atoms with Gasteiger partial charge in [-0.15, -0.1) is 12.4 Å². The first kappa shape index (κ1) is 27.6. The van der Waals surface area contributed by atoms with E-state index in [0.29, 0.717) is 44.8 Å². The monoisotopic (exact) mass is 559 g/mol. The van der Waals surface area contributed by atoms with E-state index in [-0.39, 0.29) is 34.3 Å². The fourth-order valence-corrected chi connectivity index (χ4v) is 7.17. The van der Waals surface area contributed by atoms with Crippen LogP contribution < -0.4 is 0 Å². The number of halogens is 2. The average molecular weight is 561 g/mol. The summed E-state index contributed by atoms with van der Waals surface area (Å²) in [5, 5.41) is 0.150. The Morgan fingerprint density at radius 2 is 1.30 bits per heavy atom. The highest BCUT2D eigenvalue weighted by Crippen LogP contribution is 2.31. The van der Waals surface area contributed by atoms with E-state index in [9.17, 15) is 13.2 Å². The van der Waals surface area contributed by atoms with Crippen LogP contribution in [0.4, 0.5) is 0 Å². The maximum Gasteiger partial charge on any atom is 0.253 e. The van der Waals surface area contributed by atoms with Gasteiger partial charge in [0.25, 0.3) is 5.91 Å². The quantitative estimate of drug-likeness (QED) is 0.421. The molecule has 0 aromatic heterocycles. The number of sulfonamides is 1. The van der Waals surface area contributed by atoms with Crippen molar-refractivity contribution < 1.29 is 13.2 Å². The molecule has 0 saturated carbocycles. The lowest BCUT2D eigenvalue weighted by Crippen LogP contribution is -2.49. The third-order valence-electron chi connectivity index (χ3n) is 7.06. The molecule has 0 bridgehead atoms. The molecule has 1 amide bonds. The number of amides is 1. The molecule has 3 aromatic carbocycles. The SMILES string of the molecule is Cl.O=C(c1ccc(Cl)c(S(=O)(=O)N2CCCC2)c1)N1CCN(C(c2ccccc2)c2ccccc2)CC1. The molecule has 0 unspecified atom stereocenters. The van der Waals surface area contributed by atoms with Crippen LogP contribution in [0.25, 0.3) is 0 Å². The Kier molecular flexibility index (Phi) is 8.93. The van der Waals surface area contributed by atoms with Crippen LogP contribution in [0.1, 0.15) is 40.4 Å². The second-order valence-electron chi connectivity index (χ2n) is 9.31. The molecule has 0 aliphatic carbocycles. The number of carbonyl (C=O) groups is 1. The zero-order valence-electron chi connectivity index (χ0n) is 20.5. The minimum atomic E-state index is -3.71. The van der Waals surface area contributed by atoms with Gasteiger partial charge in [0.1, 0.15) is 4.90 Å². The molecule has 37 heavy (non-hydrogen) atoms. The number of rotatable bonds is 6. The molecule has 2 saturated heterocycles. The van der Waals surface area contributed by atoms with Crippen molar-refractivity contribution in [1.82, 2.24) is 14.1 Å². The van der Waals surface area contributed by atoms with Crippen molar-refractivity contribution in [2.24, 2.45) is 0 Å². The predicted octanol–water partition coefficient (Wildman–Crippen LogP) is 5.09. The van der Waals surface area contributed by atoms with Gasteiger partial charge in [-0.1, -0.05) is 72.3 Å². The van der Waals surface area contributed by atoms with Crippen LogP contribution in [0.2, 0.25) is 5.02 Å². The van der Waals surface area contributed by atoms with Crippen LogP contribution in [-0.4, -0.2) is 67.7 Å². The number of hydrogen-bond acceptors (Lipinski definition) is 4. The minimum Gasteiger partial charge on any atom is -0.336 e.